The lowest BCUT2D eigenvalue weighted by Gasteiger charge is -2.31. The maximum absolute atomic E-state index is 13.1. The first-order valence-electron chi connectivity index (χ1n) is 9.99. The van der Waals surface area contributed by atoms with Crippen LogP contribution in [-0.4, -0.2) is 23.4 Å². The third kappa shape index (κ3) is 4.18. The fourth-order valence-corrected chi connectivity index (χ4v) is 6.75. The minimum atomic E-state index is -3.75. The lowest BCUT2D eigenvalue weighted by Crippen LogP contribution is -2.35. The zero-order valence-electron chi connectivity index (χ0n) is 17.4. The summed E-state index contributed by atoms with van der Waals surface area (Å²) in [5, 5.41) is 0. The summed E-state index contributed by atoms with van der Waals surface area (Å²) in [5.74, 6) is 0. The zero-order valence-corrected chi connectivity index (χ0v) is 19.0. The van der Waals surface area contributed by atoms with E-state index < -0.39 is 20.0 Å². The van der Waals surface area contributed by atoms with E-state index in [-0.39, 0.29) is 9.79 Å². The van der Waals surface area contributed by atoms with Crippen LogP contribution in [0.5, 0.6) is 0 Å². The summed E-state index contributed by atoms with van der Waals surface area (Å²) in [7, 11) is -7.44. The molecule has 31 heavy (non-hydrogen) atoms. The Morgan fingerprint density at radius 2 is 1.61 bits per heavy atom. The van der Waals surface area contributed by atoms with Crippen molar-refractivity contribution in [1.82, 2.24) is 0 Å². The van der Waals surface area contributed by atoms with E-state index >= 15 is 0 Å². The van der Waals surface area contributed by atoms with E-state index in [4.69, 9.17) is 0 Å². The molecule has 0 fully saturated rings. The van der Waals surface area contributed by atoms with Gasteiger partial charge in [-0.1, -0.05) is 35.9 Å². The van der Waals surface area contributed by atoms with Gasteiger partial charge in [-0.3, -0.25) is 9.03 Å². The molecular formula is C23H24N2O4S2. The molecular weight excluding hydrogens is 432 g/mol. The summed E-state index contributed by atoms with van der Waals surface area (Å²) in [6.07, 6.45) is 1.33. The second-order valence-corrected chi connectivity index (χ2v) is 11.2. The first-order chi connectivity index (χ1) is 14.7. The minimum absolute atomic E-state index is 0.226. The van der Waals surface area contributed by atoms with Crippen molar-refractivity contribution in [2.24, 2.45) is 0 Å². The van der Waals surface area contributed by atoms with E-state index in [0.29, 0.717) is 36.3 Å². The van der Waals surface area contributed by atoms with Crippen LogP contribution in [0.15, 0.2) is 76.5 Å². The standard InChI is InChI=1S/C23H24N2O4S2/c1-17-10-13-23(18(2)15-17)30(26,27)24-20-11-12-22-19(16-20)7-6-14-25(22)31(28,29)21-8-4-3-5-9-21/h3-5,8-13,15-16,24H,6-7,14H2,1-2H3. The van der Waals surface area contributed by atoms with E-state index in [1.165, 1.54) is 4.31 Å². The second-order valence-electron chi connectivity index (χ2n) is 7.71. The Bertz CT molecular complexity index is 1340. The van der Waals surface area contributed by atoms with Gasteiger partial charge in [0.1, 0.15) is 0 Å². The maximum Gasteiger partial charge on any atom is 0.264 e. The van der Waals surface area contributed by atoms with Gasteiger partial charge in [0.25, 0.3) is 20.0 Å². The molecule has 0 amide bonds. The predicted octanol–water partition coefficient (Wildman–Crippen LogP) is 4.25. The molecule has 3 aromatic rings. The average Bonchev–Trinajstić information content (AvgIpc) is 2.73. The number of rotatable bonds is 5. The van der Waals surface area contributed by atoms with Crippen LogP contribution >= 0.6 is 0 Å². The molecule has 6 nitrogen and oxygen atoms in total. The Kier molecular flexibility index (Phi) is 5.53. The van der Waals surface area contributed by atoms with E-state index in [1.54, 1.807) is 67.6 Å². The molecule has 8 heteroatoms. The van der Waals surface area contributed by atoms with Crippen molar-refractivity contribution in [2.45, 2.75) is 36.5 Å². The van der Waals surface area contributed by atoms with Gasteiger partial charge in [-0.05, 0) is 74.2 Å². The molecule has 4 rings (SSSR count). The van der Waals surface area contributed by atoms with Crippen LogP contribution in [-0.2, 0) is 26.5 Å². The molecule has 0 unspecified atom stereocenters. The molecule has 1 N–H and O–H groups in total. The van der Waals surface area contributed by atoms with Crippen molar-refractivity contribution in [1.29, 1.82) is 0 Å². The van der Waals surface area contributed by atoms with E-state index in [0.717, 1.165) is 11.1 Å². The summed E-state index contributed by atoms with van der Waals surface area (Å²) in [4.78, 5) is 0.464. The lowest BCUT2D eigenvalue weighted by molar-refractivity contribution is 0.586. The van der Waals surface area contributed by atoms with Crippen LogP contribution in [0.4, 0.5) is 11.4 Å². The average molecular weight is 457 g/mol. The van der Waals surface area contributed by atoms with Crippen LogP contribution in [0, 0.1) is 13.8 Å². The number of nitrogens with zero attached hydrogens (tertiary/aromatic N) is 1. The number of sulfonamides is 2. The maximum atomic E-state index is 13.1. The summed E-state index contributed by atoms with van der Waals surface area (Å²) in [5.41, 5.74) is 3.46. The van der Waals surface area contributed by atoms with Crippen LogP contribution in [0.25, 0.3) is 0 Å². The van der Waals surface area contributed by atoms with Gasteiger partial charge in [-0.2, -0.15) is 0 Å². The molecule has 0 saturated carbocycles. The predicted molar refractivity (Wildman–Crippen MR) is 122 cm³/mol. The highest BCUT2D eigenvalue weighted by Gasteiger charge is 2.29. The fraction of sp³-hybridized carbons (Fsp3) is 0.217. The van der Waals surface area contributed by atoms with Crippen LogP contribution in [0.1, 0.15) is 23.1 Å². The molecule has 0 aromatic heterocycles. The Labute approximate surface area is 183 Å². The van der Waals surface area contributed by atoms with E-state index in [2.05, 4.69) is 4.72 Å². The molecule has 0 atom stereocenters. The van der Waals surface area contributed by atoms with Gasteiger partial charge in [-0.15, -0.1) is 0 Å². The lowest BCUT2D eigenvalue weighted by atomic mass is 10.0. The zero-order chi connectivity index (χ0) is 22.2. The molecule has 0 saturated heterocycles. The van der Waals surface area contributed by atoms with Crippen molar-refractivity contribution in [3.63, 3.8) is 0 Å². The molecule has 0 bridgehead atoms. The van der Waals surface area contributed by atoms with Gasteiger partial charge in [0.15, 0.2) is 0 Å². The first kappa shape index (κ1) is 21.4. The number of hydrogen-bond acceptors (Lipinski definition) is 4. The van der Waals surface area contributed by atoms with Crippen molar-refractivity contribution in [2.75, 3.05) is 15.6 Å². The molecule has 162 valence electrons. The van der Waals surface area contributed by atoms with E-state index in [1.807, 2.05) is 13.0 Å². The number of benzene rings is 3. The van der Waals surface area contributed by atoms with E-state index in [9.17, 15) is 16.8 Å². The molecule has 1 heterocycles. The minimum Gasteiger partial charge on any atom is -0.280 e. The first-order valence-corrected chi connectivity index (χ1v) is 12.9. The fourth-order valence-electron chi connectivity index (χ4n) is 3.91. The Morgan fingerprint density at radius 1 is 0.871 bits per heavy atom. The van der Waals surface area contributed by atoms with Gasteiger partial charge < -0.3 is 0 Å². The Hall–Kier alpha value is -2.84. The summed E-state index contributed by atoms with van der Waals surface area (Å²) in [6, 6.07) is 18.5. The third-order valence-corrected chi connectivity index (χ3v) is 8.73. The number of hydrogen-bond donors (Lipinski definition) is 1. The van der Waals surface area contributed by atoms with Crippen molar-refractivity contribution in [3.8, 4) is 0 Å². The molecule has 0 spiro atoms. The van der Waals surface area contributed by atoms with Gasteiger partial charge in [0.05, 0.1) is 15.5 Å². The molecule has 3 aromatic carbocycles. The largest absolute Gasteiger partial charge is 0.280 e. The number of fused-ring (bicyclic) bond motifs is 1. The van der Waals surface area contributed by atoms with Crippen LogP contribution in [0.3, 0.4) is 0 Å². The quantitative estimate of drug-likeness (QED) is 0.622. The summed E-state index contributed by atoms with van der Waals surface area (Å²) >= 11 is 0. The number of nitrogens with one attached hydrogen (secondary N) is 1. The summed E-state index contributed by atoms with van der Waals surface area (Å²) < 4.78 is 56.1. The van der Waals surface area contributed by atoms with Crippen LogP contribution in [0.2, 0.25) is 0 Å². The molecule has 0 radical (unpaired) electrons. The second kappa shape index (κ2) is 8.01. The van der Waals surface area contributed by atoms with Crippen molar-refractivity contribution < 1.29 is 16.8 Å². The van der Waals surface area contributed by atoms with Gasteiger partial charge in [-0.25, -0.2) is 16.8 Å². The van der Waals surface area contributed by atoms with Gasteiger partial charge in [0.2, 0.25) is 0 Å². The van der Waals surface area contributed by atoms with Crippen molar-refractivity contribution >= 4 is 31.4 Å². The number of anilines is 2. The highest BCUT2D eigenvalue weighted by molar-refractivity contribution is 7.93. The monoisotopic (exact) mass is 456 g/mol. The van der Waals surface area contributed by atoms with Gasteiger partial charge >= 0.3 is 0 Å². The van der Waals surface area contributed by atoms with Gasteiger partial charge in [0, 0.05) is 12.2 Å². The molecule has 1 aliphatic rings. The number of aryl methyl sites for hydroxylation is 3. The van der Waals surface area contributed by atoms with Crippen LogP contribution < -0.4 is 9.03 Å². The Balaban J connectivity index is 1.66. The SMILES string of the molecule is Cc1ccc(S(=O)(=O)Nc2ccc3c(c2)CCCN3S(=O)(=O)c2ccccc2)c(C)c1. The smallest absolute Gasteiger partial charge is 0.264 e. The molecule has 1 aliphatic heterocycles. The third-order valence-electron chi connectivity index (χ3n) is 5.36. The van der Waals surface area contributed by atoms with Crippen molar-refractivity contribution in [3.05, 3.63) is 83.4 Å². The molecule has 0 aliphatic carbocycles. The highest BCUT2D eigenvalue weighted by atomic mass is 32.2. The highest BCUT2D eigenvalue weighted by Crippen LogP contribution is 2.34. The topological polar surface area (TPSA) is 83.6 Å². The Morgan fingerprint density at radius 3 is 2.32 bits per heavy atom. The summed E-state index contributed by atoms with van der Waals surface area (Å²) in [6.45, 7) is 4.06. The normalized spacial score (nSPS) is 14.2.